The van der Waals surface area contributed by atoms with Gasteiger partial charge in [0.25, 0.3) is 0 Å². The molecule has 3 rings (SSSR count). The number of methoxy groups -OCH3 is 1. The molecule has 0 bridgehead atoms. The second-order valence-electron chi connectivity index (χ2n) is 8.31. The summed E-state index contributed by atoms with van der Waals surface area (Å²) in [5.41, 5.74) is -0.334. The topological polar surface area (TPSA) is 57.0 Å². The summed E-state index contributed by atoms with van der Waals surface area (Å²) < 4.78 is 45.9. The Hall–Kier alpha value is -2.38. The summed E-state index contributed by atoms with van der Waals surface area (Å²) in [4.78, 5) is 12.5. The zero-order valence-corrected chi connectivity index (χ0v) is 17.6. The fraction of sp³-hybridized carbons (Fsp3) is 0.591. The summed E-state index contributed by atoms with van der Waals surface area (Å²) in [6, 6.07) is 3.67. The third kappa shape index (κ3) is 5.61. The normalized spacial score (nSPS) is 14.4. The summed E-state index contributed by atoms with van der Waals surface area (Å²) in [5, 5.41) is 8.66. The Morgan fingerprint density at radius 2 is 1.87 bits per heavy atom. The van der Waals surface area contributed by atoms with Crippen LogP contribution in [0.5, 0.6) is 5.75 Å². The molecule has 0 spiro atoms. The van der Waals surface area contributed by atoms with Crippen molar-refractivity contribution in [3.63, 3.8) is 0 Å². The lowest BCUT2D eigenvalue weighted by molar-refractivity contribution is -0.137. The number of aromatic nitrogens is 3. The van der Waals surface area contributed by atoms with E-state index in [-0.39, 0.29) is 24.4 Å². The number of halogens is 3. The maximum Gasteiger partial charge on any atom is 0.416 e. The van der Waals surface area contributed by atoms with E-state index in [4.69, 9.17) is 4.74 Å². The van der Waals surface area contributed by atoms with Crippen LogP contribution in [0.3, 0.4) is 0 Å². The minimum atomic E-state index is -4.45. The Labute approximate surface area is 174 Å². The molecule has 0 aliphatic heterocycles. The van der Waals surface area contributed by atoms with E-state index in [1.807, 2.05) is 0 Å². The molecule has 1 fully saturated rings. The smallest absolute Gasteiger partial charge is 0.416 e. The van der Waals surface area contributed by atoms with Gasteiger partial charge in [-0.15, -0.1) is 10.2 Å². The van der Waals surface area contributed by atoms with Gasteiger partial charge in [-0.1, -0.05) is 19.9 Å². The van der Waals surface area contributed by atoms with Gasteiger partial charge in [0.05, 0.1) is 12.7 Å². The highest BCUT2D eigenvalue weighted by atomic mass is 19.4. The SMILES string of the molecule is COc1cc(C(F)(F)F)ccc1CC(=O)CCc1nnc(CCC(C)C)n1C1CC1. The molecule has 0 amide bonds. The van der Waals surface area contributed by atoms with E-state index >= 15 is 0 Å². The van der Waals surface area contributed by atoms with E-state index in [0.29, 0.717) is 23.9 Å². The van der Waals surface area contributed by atoms with E-state index in [1.54, 1.807) is 0 Å². The molecule has 0 saturated heterocycles. The van der Waals surface area contributed by atoms with Gasteiger partial charge in [-0.25, -0.2) is 0 Å². The molecule has 2 aromatic rings. The number of Topliss-reactive ketones (excluding diaryl/α,β-unsaturated/α-hetero) is 1. The van der Waals surface area contributed by atoms with Crippen LogP contribution in [0.25, 0.3) is 0 Å². The van der Waals surface area contributed by atoms with E-state index in [1.165, 1.54) is 13.2 Å². The van der Waals surface area contributed by atoms with Gasteiger partial charge in [0.15, 0.2) is 0 Å². The molecule has 1 aliphatic carbocycles. The van der Waals surface area contributed by atoms with Crippen molar-refractivity contribution in [2.75, 3.05) is 7.11 Å². The lowest BCUT2D eigenvalue weighted by Gasteiger charge is -2.12. The Morgan fingerprint density at radius 1 is 1.20 bits per heavy atom. The highest BCUT2D eigenvalue weighted by molar-refractivity contribution is 5.81. The first-order valence-corrected chi connectivity index (χ1v) is 10.4. The number of hydrogen-bond donors (Lipinski definition) is 0. The summed E-state index contributed by atoms with van der Waals surface area (Å²) >= 11 is 0. The number of rotatable bonds is 10. The molecular weight excluding hydrogens is 395 g/mol. The van der Waals surface area contributed by atoms with E-state index < -0.39 is 11.7 Å². The summed E-state index contributed by atoms with van der Waals surface area (Å²) in [6.07, 6.45) is 0.448. The molecule has 0 atom stereocenters. The van der Waals surface area contributed by atoms with E-state index in [9.17, 15) is 18.0 Å². The van der Waals surface area contributed by atoms with E-state index in [0.717, 1.165) is 49.5 Å². The minimum absolute atomic E-state index is 0.0269. The van der Waals surface area contributed by atoms with Crippen LogP contribution in [0.2, 0.25) is 0 Å². The third-order valence-electron chi connectivity index (χ3n) is 5.32. The lowest BCUT2D eigenvalue weighted by atomic mass is 10.0. The van der Waals surface area contributed by atoms with Crippen molar-refractivity contribution in [1.82, 2.24) is 14.8 Å². The molecule has 1 saturated carbocycles. The van der Waals surface area contributed by atoms with Crippen molar-refractivity contribution in [2.24, 2.45) is 5.92 Å². The summed E-state index contributed by atoms with van der Waals surface area (Å²) in [5.74, 6) is 2.40. The predicted molar refractivity (Wildman–Crippen MR) is 106 cm³/mol. The van der Waals surface area contributed by atoms with Gasteiger partial charge in [0.1, 0.15) is 23.2 Å². The number of alkyl halides is 3. The Balaban J connectivity index is 1.64. The number of nitrogens with zero attached hydrogens (tertiary/aromatic N) is 3. The Bertz CT molecular complexity index is 886. The van der Waals surface area contributed by atoms with Crippen LogP contribution < -0.4 is 4.74 Å². The van der Waals surface area contributed by atoms with Gasteiger partial charge in [0, 0.05) is 37.3 Å². The first-order valence-electron chi connectivity index (χ1n) is 10.4. The highest BCUT2D eigenvalue weighted by Crippen LogP contribution is 2.37. The number of benzene rings is 1. The molecule has 8 heteroatoms. The van der Waals surface area contributed by atoms with Gasteiger partial charge in [-0.2, -0.15) is 13.2 Å². The van der Waals surface area contributed by atoms with Crippen molar-refractivity contribution >= 4 is 5.78 Å². The fourth-order valence-electron chi connectivity index (χ4n) is 3.49. The number of carbonyl (C=O) groups excluding carboxylic acids is 1. The van der Waals surface area contributed by atoms with Gasteiger partial charge < -0.3 is 9.30 Å². The molecule has 1 aromatic heterocycles. The van der Waals surface area contributed by atoms with Crippen LogP contribution in [0.4, 0.5) is 13.2 Å². The van der Waals surface area contributed by atoms with Crippen molar-refractivity contribution in [3.05, 3.63) is 41.0 Å². The zero-order valence-electron chi connectivity index (χ0n) is 17.6. The largest absolute Gasteiger partial charge is 0.496 e. The molecule has 30 heavy (non-hydrogen) atoms. The van der Waals surface area contributed by atoms with Gasteiger partial charge in [0.2, 0.25) is 0 Å². The first kappa shape index (κ1) is 22.3. The van der Waals surface area contributed by atoms with Crippen LogP contribution in [-0.4, -0.2) is 27.7 Å². The molecule has 1 aliphatic rings. The van der Waals surface area contributed by atoms with Crippen molar-refractivity contribution < 1.29 is 22.7 Å². The van der Waals surface area contributed by atoms with Crippen LogP contribution in [0.15, 0.2) is 18.2 Å². The molecular formula is C22H28F3N3O2. The average Bonchev–Trinajstić information content (AvgIpc) is 3.44. The number of aryl methyl sites for hydroxylation is 2. The molecule has 0 N–H and O–H groups in total. The second-order valence-corrected chi connectivity index (χ2v) is 8.31. The van der Waals surface area contributed by atoms with Crippen LogP contribution in [-0.2, 0) is 30.2 Å². The van der Waals surface area contributed by atoms with Crippen molar-refractivity contribution in [1.29, 1.82) is 0 Å². The third-order valence-corrected chi connectivity index (χ3v) is 5.32. The molecule has 164 valence electrons. The summed E-state index contributed by atoms with van der Waals surface area (Å²) in [6.45, 7) is 4.35. The molecule has 1 aromatic carbocycles. The van der Waals surface area contributed by atoms with Crippen LogP contribution >= 0.6 is 0 Å². The van der Waals surface area contributed by atoms with Gasteiger partial charge in [-0.3, -0.25) is 4.79 Å². The van der Waals surface area contributed by atoms with Gasteiger partial charge in [-0.05, 0) is 37.3 Å². The van der Waals surface area contributed by atoms with E-state index in [2.05, 4.69) is 28.6 Å². The standard InChI is InChI=1S/C22H28F3N3O2/c1-14(2)4-10-20-26-27-21(28(20)17-7-8-17)11-9-18(29)12-15-5-6-16(22(23,24)25)13-19(15)30-3/h5-6,13-14,17H,4,7-12H2,1-3H3. The number of carbonyl (C=O) groups is 1. The molecule has 5 nitrogen and oxygen atoms in total. The molecule has 0 unspecified atom stereocenters. The Morgan fingerprint density at radius 3 is 2.43 bits per heavy atom. The zero-order chi connectivity index (χ0) is 21.9. The quantitative estimate of drug-likeness (QED) is 0.541. The predicted octanol–water partition coefficient (Wildman–Crippen LogP) is 4.97. The maximum absolute atomic E-state index is 12.9. The summed E-state index contributed by atoms with van der Waals surface area (Å²) in [7, 11) is 1.31. The number of ether oxygens (including phenoxy) is 1. The molecule has 1 heterocycles. The molecule has 0 radical (unpaired) electrons. The van der Waals surface area contributed by atoms with Crippen LogP contribution in [0, 0.1) is 5.92 Å². The van der Waals surface area contributed by atoms with Crippen LogP contribution in [0.1, 0.15) is 68.3 Å². The fourth-order valence-corrected chi connectivity index (χ4v) is 3.49. The highest BCUT2D eigenvalue weighted by Gasteiger charge is 2.32. The Kier molecular flexibility index (Phi) is 6.83. The first-order chi connectivity index (χ1) is 14.2. The second kappa shape index (κ2) is 9.18. The minimum Gasteiger partial charge on any atom is -0.496 e. The maximum atomic E-state index is 12.9. The van der Waals surface area contributed by atoms with Gasteiger partial charge >= 0.3 is 6.18 Å². The number of ketones is 1. The lowest BCUT2D eigenvalue weighted by Crippen LogP contribution is -2.11. The van der Waals surface area contributed by atoms with Crippen molar-refractivity contribution in [3.8, 4) is 5.75 Å². The van der Waals surface area contributed by atoms with Crippen molar-refractivity contribution in [2.45, 2.75) is 71.0 Å². The monoisotopic (exact) mass is 423 g/mol. The number of hydrogen-bond acceptors (Lipinski definition) is 4. The average molecular weight is 423 g/mol.